The zero-order valence-electron chi connectivity index (χ0n) is 10.5. The van der Waals surface area contributed by atoms with Crippen LogP contribution in [0.2, 0.25) is 0 Å². The van der Waals surface area contributed by atoms with Crippen molar-refractivity contribution in [3.8, 4) is 0 Å². The molecule has 5 heteroatoms. The standard InChI is InChI=1S/C12H21N3O2/c1-16-12(17-2)8-14-10-4-3-5-11(10)15-7-6-13-9-15/h6-7,9-12,14H,3-5,8H2,1-2H3. The van der Waals surface area contributed by atoms with Crippen molar-refractivity contribution in [1.82, 2.24) is 14.9 Å². The number of nitrogens with one attached hydrogen (secondary N) is 1. The fraction of sp³-hybridized carbons (Fsp3) is 0.750. The minimum atomic E-state index is -0.168. The van der Waals surface area contributed by atoms with Gasteiger partial charge < -0.3 is 19.4 Å². The molecular formula is C12H21N3O2. The second kappa shape index (κ2) is 6.14. The van der Waals surface area contributed by atoms with Crippen molar-refractivity contribution in [2.24, 2.45) is 0 Å². The van der Waals surface area contributed by atoms with Crippen LogP contribution >= 0.6 is 0 Å². The molecule has 1 aromatic heterocycles. The molecule has 1 heterocycles. The number of imidazole rings is 1. The second-order valence-electron chi connectivity index (χ2n) is 4.42. The third-order valence-corrected chi connectivity index (χ3v) is 3.46. The van der Waals surface area contributed by atoms with Crippen LogP contribution in [0.3, 0.4) is 0 Å². The third kappa shape index (κ3) is 3.06. The van der Waals surface area contributed by atoms with Gasteiger partial charge in [-0.1, -0.05) is 0 Å². The maximum Gasteiger partial charge on any atom is 0.169 e. The van der Waals surface area contributed by atoms with E-state index in [-0.39, 0.29) is 6.29 Å². The van der Waals surface area contributed by atoms with Gasteiger partial charge in [-0.3, -0.25) is 0 Å². The lowest BCUT2D eigenvalue weighted by Gasteiger charge is -2.24. The maximum atomic E-state index is 5.18. The summed E-state index contributed by atoms with van der Waals surface area (Å²) in [7, 11) is 3.33. The summed E-state index contributed by atoms with van der Waals surface area (Å²) in [5.41, 5.74) is 0. The summed E-state index contributed by atoms with van der Waals surface area (Å²) in [5.74, 6) is 0. The van der Waals surface area contributed by atoms with Crippen LogP contribution in [0.25, 0.3) is 0 Å². The number of nitrogens with zero attached hydrogens (tertiary/aromatic N) is 2. The Morgan fingerprint density at radius 3 is 2.88 bits per heavy atom. The first-order chi connectivity index (χ1) is 8.35. The lowest BCUT2D eigenvalue weighted by Crippen LogP contribution is -2.39. The predicted octanol–water partition coefficient (Wildman–Crippen LogP) is 1.19. The molecule has 1 aliphatic rings. The monoisotopic (exact) mass is 239 g/mol. The highest BCUT2D eigenvalue weighted by atomic mass is 16.7. The Labute approximate surface area is 102 Å². The van der Waals surface area contributed by atoms with Gasteiger partial charge in [0.1, 0.15) is 0 Å². The molecule has 1 saturated carbocycles. The number of methoxy groups -OCH3 is 2. The SMILES string of the molecule is COC(CNC1CCCC1n1ccnc1)OC. The molecule has 0 amide bonds. The number of rotatable bonds is 6. The zero-order valence-corrected chi connectivity index (χ0v) is 10.5. The Hall–Kier alpha value is -0.910. The first-order valence-electron chi connectivity index (χ1n) is 6.11. The Morgan fingerprint density at radius 1 is 1.41 bits per heavy atom. The summed E-state index contributed by atoms with van der Waals surface area (Å²) in [5, 5.41) is 3.52. The number of hydrogen-bond acceptors (Lipinski definition) is 4. The Morgan fingerprint density at radius 2 is 2.24 bits per heavy atom. The van der Waals surface area contributed by atoms with E-state index in [1.54, 1.807) is 14.2 Å². The highest BCUT2D eigenvalue weighted by Gasteiger charge is 2.28. The van der Waals surface area contributed by atoms with Crippen LogP contribution in [0.1, 0.15) is 25.3 Å². The van der Waals surface area contributed by atoms with E-state index in [1.807, 2.05) is 18.7 Å². The lowest BCUT2D eigenvalue weighted by atomic mass is 10.1. The number of ether oxygens (including phenoxy) is 2. The summed E-state index contributed by atoms with van der Waals surface area (Å²) in [4.78, 5) is 4.11. The van der Waals surface area contributed by atoms with Crippen molar-refractivity contribution in [2.75, 3.05) is 20.8 Å². The second-order valence-corrected chi connectivity index (χ2v) is 4.42. The summed E-state index contributed by atoms with van der Waals surface area (Å²) < 4.78 is 12.6. The molecule has 0 aliphatic heterocycles. The van der Waals surface area contributed by atoms with Crippen molar-refractivity contribution < 1.29 is 9.47 Å². The average Bonchev–Trinajstić information content (AvgIpc) is 3.00. The topological polar surface area (TPSA) is 48.3 Å². The molecule has 2 rings (SSSR count). The fourth-order valence-corrected chi connectivity index (χ4v) is 2.51. The normalized spacial score (nSPS) is 24.6. The fourth-order valence-electron chi connectivity index (χ4n) is 2.51. The number of hydrogen-bond donors (Lipinski definition) is 1. The molecule has 0 saturated heterocycles. The molecule has 0 spiro atoms. The van der Waals surface area contributed by atoms with Gasteiger partial charge >= 0.3 is 0 Å². The summed E-state index contributed by atoms with van der Waals surface area (Å²) in [6, 6.07) is 0.990. The lowest BCUT2D eigenvalue weighted by molar-refractivity contribution is -0.100. The molecule has 0 aromatic carbocycles. The van der Waals surface area contributed by atoms with Crippen LogP contribution in [-0.2, 0) is 9.47 Å². The van der Waals surface area contributed by atoms with Gasteiger partial charge in [-0.2, -0.15) is 0 Å². The molecular weight excluding hydrogens is 218 g/mol. The van der Waals surface area contributed by atoms with Crippen molar-refractivity contribution in [1.29, 1.82) is 0 Å². The minimum Gasteiger partial charge on any atom is -0.355 e. The van der Waals surface area contributed by atoms with E-state index in [0.717, 1.165) is 6.54 Å². The minimum absolute atomic E-state index is 0.168. The smallest absolute Gasteiger partial charge is 0.169 e. The van der Waals surface area contributed by atoms with E-state index in [2.05, 4.69) is 14.9 Å². The van der Waals surface area contributed by atoms with Crippen LogP contribution in [-0.4, -0.2) is 42.6 Å². The Kier molecular flexibility index (Phi) is 4.53. The summed E-state index contributed by atoms with van der Waals surface area (Å²) >= 11 is 0. The van der Waals surface area contributed by atoms with Crippen LogP contribution in [0.4, 0.5) is 0 Å². The summed E-state index contributed by atoms with van der Waals surface area (Å²) in [6.07, 6.45) is 9.26. The van der Waals surface area contributed by atoms with Crippen molar-refractivity contribution >= 4 is 0 Å². The van der Waals surface area contributed by atoms with E-state index in [9.17, 15) is 0 Å². The van der Waals surface area contributed by atoms with Gasteiger partial charge in [0.15, 0.2) is 6.29 Å². The van der Waals surface area contributed by atoms with E-state index in [4.69, 9.17) is 9.47 Å². The van der Waals surface area contributed by atoms with E-state index < -0.39 is 0 Å². The largest absolute Gasteiger partial charge is 0.355 e. The van der Waals surface area contributed by atoms with Gasteiger partial charge in [-0.25, -0.2) is 4.98 Å². The van der Waals surface area contributed by atoms with Crippen LogP contribution in [0.5, 0.6) is 0 Å². The summed E-state index contributed by atoms with van der Waals surface area (Å²) in [6.45, 7) is 0.725. The van der Waals surface area contributed by atoms with Crippen molar-refractivity contribution in [2.45, 2.75) is 37.6 Å². The van der Waals surface area contributed by atoms with Crippen LogP contribution in [0.15, 0.2) is 18.7 Å². The van der Waals surface area contributed by atoms with Gasteiger partial charge in [0, 0.05) is 45.2 Å². The quantitative estimate of drug-likeness (QED) is 0.757. The molecule has 2 unspecified atom stereocenters. The average molecular weight is 239 g/mol. The molecule has 1 fully saturated rings. The zero-order chi connectivity index (χ0) is 12.1. The van der Waals surface area contributed by atoms with Gasteiger partial charge in [-0.05, 0) is 19.3 Å². The van der Waals surface area contributed by atoms with Gasteiger partial charge in [-0.15, -0.1) is 0 Å². The molecule has 1 aliphatic carbocycles. The molecule has 96 valence electrons. The molecule has 1 N–H and O–H groups in total. The van der Waals surface area contributed by atoms with Gasteiger partial charge in [0.25, 0.3) is 0 Å². The first kappa shape index (κ1) is 12.5. The van der Waals surface area contributed by atoms with Crippen molar-refractivity contribution in [3.05, 3.63) is 18.7 Å². The third-order valence-electron chi connectivity index (χ3n) is 3.46. The Bertz CT molecular complexity index is 312. The molecule has 17 heavy (non-hydrogen) atoms. The van der Waals surface area contributed by atoms with Crippen LogP contribution in [0, 0.1) is 0 Å². The number of aromatic nitrogens is 2. The first-order valence-corrected chi connectivity index (χ1v) is 6.11. The molecule has 0 bridgehead atoms. The molecule has 0 radical (unpaired) electrons. The van der Waals surface area contributed by atoms with Gasteiger partial charge in [0.2, 0.25) is 0 Å². The van der Waals surface area contributed by atoms with E-state index in [0.29, 0.717) is 12.1 Å². The van der Waals surface area contributed by atoms with Crippen LogP contribution < -0.4 is 5.32 Å². The Balaban J connectivity index is 1.87. The molecule has 1 aromatic rings. The molecule has 2 atom stereocenters. The van der Waals surface area contributed by atoms with Crippen molar-refractivity contribution in [3.63, 3.8) is 0 Å². The van der Waals surface area contributed by atoms with E-state index in [1.165, 1.54) is 19.3 Å². The highest BCUT2D eigenvalue weighted by Crippen LogP contribution is 2.29. The molecule has 5 nitrogen and oxygen atoms in total. The van der Waals surface area contributed by atoms with Gasteiger partial charge in [0.05, 0.1) is 6.33 Å². The van der Waals surface area contributed by atoms with E-state index >= 15 is 0 Å². The maximum absolute atomic E-state index is 5.18. The highest BCUT2D eigenvalue weighted by molar-refractivity contribution is 4.91. The predicted molar refractivity (Wildman–Crippen MR) is 64.7 cm³/mol.